The van der Waals surface area contributed by atoms with E-state index in [4.69, 9.17) is 0 Å². The Hall–Kier alpha value is -2.09. The zero-order chi connectivity index (χ0) is 19.0. The van der Waals surface area contributed by atoms with E-state index in [-0.39, 0.29) is 23.2 Å². The van der Waals surface area contributed by atoms with Crippen molar-refractivity contribution >= 4 is 34.0 Å². The summed E-state index contributed by atoms with van der Waals surface area (Å²) in [5, 5.41) is 3.36. The normalized spacial score (nSPS) is 21.1. The number of anilines is 1. The Morgan fingerprint density at radius 1 is 1.00 bits per heavy atom. The Morgan fingerprint density at radius 3 is 2.14 bits per heavy atom. The smallest absolute Gasteiger partial charge is 0.264 e. The van der Waals surface area contributed by atoms with E-state index in [1.807, 2.05) is 11.0 Å². The van der Waals surface area contributed by atoms with Gasteiger partial charge >= 0.3 is 0 Å². The van der Waals surface area contributed by atoms with E-state index in [9.17, 15) is 13.2 Å². The van der Waals surface area contributed by atoms with Gasteiger partial charge in [-0.15, -0.1) is 12.4 Å². The molecule has 0 aliphatic carbocycles. The third-order valence-corrected chi connectivity index (χ3v) is 7.36. The molecule has 0 radical (unpaired) electrons. The number of carbonyl (C=O) groups is 1. The quantitative estimate of drug-likeness (QED) is 0.821. The molecule has 2 atom stereocenters. The van der Waals surface area contributed by atoms with Gasteiger partial charge in [0.15, 0.2) is 0 Å². The second kappa shape index (κ2) is 8.11. The molecule has 0 saturated carbocycles. The Morgan fingerprint density at radius 2 is 1.57 bits per heavy atom. The lowest BCUT2D eigenvalue weighted by molar-refractivity contribution is 0.0781. The van der Waals surface area contributed by atoms with Crippen molar-refractivity contribution in [3.8, 4) is 0 Å². The summed E-state index contributed by atoms with van der Waals surface area (Å²) in [6.07, 6.45) is 0. The predicted octanol–water partition coefficient (Wildman–Crippen LogP) is 2.22. The molecule has 2 heterocycles. The number of amides is 1. The first-order chi connectivity index (χ1) is 13.0. The lowest BCUT2D eigenvalue weighted by Crippen LogP contribution is -2.32. The molecule has 150 valence electrons. The Balaban J connectivity index is 0.00000225. The van der Waals surface area contributed by atoms with E-state index in [0.717, 1.165) is 26.2 Å². The lowest BCUT2D eigenvalue weighted by Gasteiger charge is -2.20. The minimum atomic E-state index is -3.67. The minimum absolute atomic E-state index is 0. The monoisotopic (exact) mass is 421 g/mol. The lowest BCUT2D eigenvalue weighted by atomic mass is 10.0. The number of para-hydroxylation sites is 1. The second-order valence-electron chi connectivity index (χ2n) is 7.22. The summed E-state index contributed by atoms with van der Waals surface area (Å²) in [5.74, 6) is 1.05. The van der Waals surface area contributed by atoms with Gasteiger partial charge in [-0.2, -0.15) is 0 Å². The molecule has 2 aromatic carbocycles. The molecule has 8 heteroatoms. The zero-order valence-electron chi connectivity index (χ0n) is 15.6. The fourth-order valence-electron chi connectivity index (χ4n) is 3.91. The van der Waals surface area contributed by atoms with Crippen LogP contribution in [0.25, 0.3) is 0 Å². The number of fused-ring (bicyclic) bond motifs is 1. The molecule has 2 saturated heterocycles. The maximum absolute atomic E-state index is 12.8. The number of halogens is 1. The predicted molar refractivity (Wildman–Crippen MR) is 111 cm³/mol. The van der Waals surface area contributed by atoms with Crippen molar-refractivity contribution in [3.05, 3.63) is 60.2 Å². The van der Waals surface area contributed by atoms with Crippen LogP contribution in [0.3, 0.4) is 0 Å². The summed E-state index contributed by atoms with van der Waals surface area (Å²) in [6, 6.07) is 15.2. The maximum Gasteiger partial charge on any atom is 0.264 e. The van der Waals surface area contributed by atoms with Crippen LogP contribution in [0, 0.1) is 11.8 Å². The number of nitrogens with zero attached hydrogens (tertiary/aromatic N) is 2. The van der Waals surface area contributed by atoms with E-state index in [1.165, 1.54) is 23.5 Å². The summed E-state index contributed by atoms with van der Waals surface area (Å²) in [7, 11) is -2.14. The van der Waals surface area contributed by atoms with Crippen molar-refractivity contribution in [3.63, 3.8) is 0 Å². The van der Waals surface area contributed by atoms with E-state index in [1.54, 1.807) is 36.4 Å². The summed E-state index contributed by atoms with van der Waals surface area (Å²) in [6.45, 7) is 3.48. The largest absolute Gasteiger partial charge is 0.338 e. The van der Waals surface area contributed by atoms with E-state index in [0.29, 0.717) is 23.1 Å². The van der Waals surface area contributed by atoms with Gasteiger partial charge in [-0.3, -0.25) is 9.10 Å². The highest BCUT2D eigenvalue weighted by molar-refractivity contribution is 7.92. The number of likely N-dealkylation sites (tertiary alicyclic amines) is 1. The number of nitrogens with one attached hydrogen (secondary N) is 1. The van der Waals surface area contributed by atoms with Gasteiger partial charge in [0.25, 0.3) is 15.9 Å². The van der Waals surface area contributed by atoms with Crippen molar-refractivity contribution in [2.24, 2.45) is 11.8 Å². The standard InChI is InChI=1S/C20H23N3O3S.ClH/c1-22(18-5-3-2-4-6-18)27(25,26)19-9-7-15(8-10-19)20(24)23-13-16-11-21-12-17(16)14-23;/h2-10,16-17,21H,11-14H2,1H3;1H/t16-,17+;. The number of rotatable bonds is 4. The topological polar surface area (TPSA) is 69.7 Å². The highest BCUT2D eigenvalue weighted by atomic mass is 35.5. The fraction of sp³-hybridized carbons (Fsp3) is 0.350. The molecule has 4 rings (SSSR count). The molecular weight excluding hydrogens is 398 g/mol. The molecule has 0 aromatic heterocycles. The van der Waals surface area contributed by atoms with Crippen LogP contribution in [0.1, 0.15) is 10.4 Å². The van der Waals surface area contributed by atoms with Crippen LogP contribution in [0.2, 0.25) is 0 Å². The highest BCUT2D eigenvalue weighted by Crippen LogP contribution is 2.28. The van der Waals surface area contributed by atoms with Crippen molar-refractivity contribution in [2.45, 2.75) is 4.90 Å². The first-order valence-corrected chi connectivity index (χ1v) is 10.5. The first-order valence-electron chi connectivity index (χ1n) is 9.11. The van der Waals surface area contributed by atoms with Crippen molar-refractivity contribution in [1.29, 1.82) is 0 Å². The van der Waals surface area contributed by atoms with Gasteiger partial charge in [-0.25, -0.2) is 8.42 Å². The van der Waals surface area contributed by atoms with Crippen LogP contribution in [0.5, 0.6) is 0 Å². The summed E-state index contributed by atoms with van der Waals surface area (Å²) in [4.78, 5) is 14.8. The molecule has 2 aliphatic heterocycles. The Kier molecular flexibility index (Phi) is 5.98. The number of sulfonamides is 1. The molecule has 0 unspecified atom stereocenters. The van der Waals surface area contributed by atoms with Gasteiger partial charge in [0, 0.05) is 38.8 Å². The van der Waals surface area contributed by atoms with Crippen LogP contribution >= 0.6 is 12.4 Å². The van der Waals surface area contributed by atoms with Gasteiger partial charge in [0.05, 0.1) is 10.6 Å². The van der Waals surface area contributed by atoms with Gasteiger partial charge in [0.1, 0.15) is 0 Å². The SMILES string of the molecule is CN(c1ccccc1)S(=O)(=O)c1ccc(C(=O)N2C[C@H]3CNC[C@H]3C2)cc1.Cl. The minimum Gasteiger partial charge on any atom is -0.338 e. The third kappa shape index (κ3) is 3.74. The molecule has 2 aromatic rings. The van der Waals surface area contributed by atoms with Gasteiger partial charge in [-0.05, 0) is 48.2 Å². The molecule has 2 aliphatic rings. The summed E-state index contributed by atoms with van der Waals surface area (Å²) < 4.78 is 26.9. The third-order valence-electron chi connectivity index (χ3n) is 5.56. The van der Waals surface area contributed by atoms with Crippen molar-refractivity contribution in [2.75, 3.05) is 37.5 Å². The van der Waals surface area contributed by atoms with Crippen molar-refractivity contribution in [1.82, 2.24) is 10.2 Å². The van der Waals surface area contributed by atoms with Crippen LogP contribution in [-0.4, -0.2) is 52.5 Å². The van der Waals surface area contributed by atoms with E-state index in [2.05, 4.69) is 5.32 Å². The van der Waals surface area contributed by atoms with Crippen LogP contribution in [-0.2, 0) is 10.0 Å². The van der Waals surface area contributed by atoms with Crippen LogP contribution < -0.4 is 9.62 Å². The first kappa shape index (κ1) is 20.6. The zero-order valence-corrected chi connectivity index (χ0v) is 17.2. The highest BCUT2D eigenvalue weighted by Gasteiger charge is 2.38. The number of benzene rings is 2. The molecule has 2 fully saturated rings. The molecule has 28 heavy (non-hydrogen) atoms. The fourth-order valence-corrected chi connectivity index (χ4v) is 5.10. The Bertz CT molecular complexity index is 923. The number of hydrogen-bond donors (Lipinski definition) is 1. The second-order valence-corrected chi connectivity index (χ2v) is 9.19. The molecule has 1 N–H and O–H groups in total. The molecule has 6 nitrogen and oxygen atoms in total. The Labute approximate surface area is 172 Å². The summed E-state index contributed by atoms with van der Waals surface area (Å²) >= 11 is 0. The van der Waals surface area contributed by atoms with Gasteiger partial charge in [0.2, 0.25) is 0 Å². The summed E-state index contributed by atoms with van der Waals surface area (Å²) in [5.41, 5.74) is 1.12. The molecule has 0 bridgehead atoms. The molecule has 1 amide bonds. The number of hydrogen-bond acceptors (Lipinski definition) is 4. The van der Waals surface area contributed by atoms with Crippen LogP contribution in [0.4, 0.5) is 5.69 Å². The van der Waals surface area contributed by atoms with Gasteiger partial charge < -0.3 is 10.2 Å². The molecular formula is C20H24ClN3O3S. The van der Waals surface area contributed by atoms with Gasteiger partial charge in [-0.1, -0.05) is 18.2 Å². The molecule has 0 spiro atoms. The average molecular weight is 422 g/mol. The van der Waals surface area contributed by atoms with Crippen LogP contribution in [0.15, 0.2) is 59.5 Å². The van der Waals surface area contributed by atoms with E-state index < -0.39 is 10.0 Å². The van der Waals surface area contributed by atoms with Crippen molar-refractivity contribution < 1.29 is 13.2 Å². The maximum atomic E-state index is 12.8. The average Bonchev–Trinajstić information content (AvgIpc) is 3.30. The number of carbonyl (C=O) groups excluding carboxylic acids is 1. The van der Waals surface area contributed by atoms with E-state index >= 15 is 0 Å².